The summed E-state index contributed by atoms with van der Waals surface area (Å²) in [4.78, 5) is 16.9. The van der Waals surface area contributed by atoms with Gasteiger partial charge in [0, 0.05) is 26.2 Å². The summed E-state index contributed by atoms with van der Waals surface area (Å²) < 4.78 is 0. The average Bonchev–Trinajstić information content (AvgIpc) is 3.09. The molecule has 104 valence electrons. The zero-order valence-corrected chi connectivity index (χ0v) is 12.2. The van der Waals surface area contributed by atoms with Gasteiger partial charge >= 0.3 is 0 Å². The van der Waals surface area contributed by atoms with E-state index in [1.54, 1.807) is 0 Å². The summed E-state index contributed by atoms with van der Waals surface area (Å²) >= 11 is 0. The predicted octanol–water partition coefficient (Wildman–Crippen LogP) is 0.927. The smallest absolute Gasteiger partial charge is 0.239 e. The molecule has 0 aromatic rings. The van der Waals surface area contributed by atoms with Crippen molar-refractivity contribution in [1.29, 1.82) is 0 Å². The highest BCUT2D eigenvalue weighted by Crippen LogP contribution is 2.35. The number of carbonyl (C=O) groups excluding carboxylic acids is 1. The molecule has 1 heterocycles. The summed E-state index contributed by atoms with van der Waals surface area (Å²) in [5.74, 6) is 0.308. The van der Waals surface area contributed by atoms with Crippen LogP contribution in [0, 0.1) is 5.41 Å². The summed E-state index contributed by atoms with van der Waals surface area (Å²) in [6.45, 7) is 7.36. The zero-order chi connectivity index (χ0) is 13.3. The van der Waals surface area contributed by atoms with E-state index >= 15 is 0 Å². The maximum absolute atomic E-state index is 12.5. The Morgan fingerprint density at radius 2 is 2.00 bits per heavy atom. The third-order valence-electron chi connectivity index (χ3n) is 4.02. The molecule has 2 aliphatic rings. The molecule has 1 aliphatic heterocycles. The van der Waals surface area contributed by atoms with E-state index in [0.717, 1.165) is 26.1 Å². The van der Waals surface area contributed by atoms with E-state index in [-0.39, 0.29) is 11.5 Å². The number of amides is 1. The number of hydrogen-bond acceptors (Lipinski definition) is 3. The van der Waals surface area contributed by atoms with Gasteiger partial charge in [0.15, 0.2) is 0 Å². The van der Waals surface area contributed by atoms with Gasteiger partial charge in [-0.1, -0.05) is 13.8 Å². The lowest BCUT2D eigenvalue weighted by Gasteiger charge is -2.32. The molecule has 2 rings (SSSR count). The first-order valence-electron chi connectivity index (χ1n) is 7.10. The maximum Gasteiger partial charge on any atom is 0.239 e. The highest BCUT2D eigenvalue weighted by molar-refractivity contribution is 5.82. The molecular weight excluding hydrogens is 226 g/mol. The monoisotopic (exact) mass is 253 g/mol. The number of likely N-dealkylation sites (N-methyl/N-ethyl adjacent to an activating group) is 1. The van der Waals surface area contributed by atoms with Crippen LogP contribution in [0.3, 0.4) is 0 Å². The van der Waals surface area contributed by atoms with Gasteiger partial charge in [0.25, 0.3) is 0 Å². The molecule has 18 heavy (non-hydrogen) atoms. The SMILES string of the molecule is CNCCC1C(=O)N(C)CC(C)(C)CN1C1CC1. The molecule has 1 aliphatic carbocycles. The second-order valence-electron chi connectivity index (χ2n) is 6.67. The van der Waals surface area contributed by atoms with Gasteiger partial charge in [-0.05, 0) is 38.3 Å². The van der Waals surface area contributed by atoms with Gasteiger partial charge in [-0.3, -0.25) is 9.69 Å². The quantitative estimate of drug-likeness (QED) is 0.809. The Balaban J connectivity index is 2.17. The van der Waals surface area contributed by atoms with E-state index < -0.39 is 0 Å². The molecule has 0 spiro atoms. The van der Waals surface area contributed by atoms with Crippen LogP contribution in [0.4, 0.5) is 0 Å². The van der Waals surface area contributed by atoms with Crippen molar-refractivity contribution in [2.75, 3.05) is 33.7 Å². The standard InChI is InChI=1S/C14H27N3O/c1-14(2)9-16(4)13(18)12(7-8-15-3)17(10-14)11-5-6-11/h11-12,15H,5-10H2,1-4H3. The van der Waals surface area contributed by atoms with Gasteiger partial charge in [0.1, 0.15) is 0 Å². The number of carbonyl (C=O) groups is 1. The van der Waals surface area contributed by atoms with Gasteiger partial charge in [0.05, 0.1) is 6.04 Å². The molecule has 1 unspecified atom stereocenters. The van der Waals surface area contributed by atoms with E-state index in [9.17, 15) is 4.79 Å². The second-order valence-corrected chi connectivity index (χ2v) is 6.67. The summed E-state index contributed by atoms with van der Waals surface area (Å²) in [6.07, 6.45) is 3.46. The Kier molecular flexibility index (Phi) is 3.97. The Morgan fingerprint density at radius 3 is 2.56 bits per heavy atom. The van der Waals surface area contributed by atoms with Gasteiger partial charge in [0.2, 0.25) is 5.91 Å². The summed E-state index contributed by atoms with van der Waals surface area (Å²) in [6, 6.07) is 0.735. The van der Waals surface area contributed by atoms with Gasteiger partial charge in [-0.2, -0.15) is 0 Å². The van der Waals surface area contributed by atoms with E-state index in [0.29, 0.717) is 11.9 Å². The highest BCUT2D eigenvalue weighted by atomic mass is 16.2. The van der Waals surface area contributed by atoms with Crippen molar-refractivity contribution in [1.82, 2.24) is 15.1 Å². The first kappa shape index (κ1) is 13.8. The van der Waals surface area contributed by atoms with Crippen molar-refractivity contribution in [3.05, 3.63) is 0 Å². The van der Waals surface area contributed by atoms with Crippen molar-refractivity contribution < 1.29 is 4.79 Å². The first-order chi connectivity index (χ1) is 8.44. The summed E-state index contributed by atoms with van der Waals surface area (Å²) in [7, 11) is 3.91. The molecule has 1 amide bonds. The van der Waals surface area contributed by atoms with Crippen LogP contribution < -0.4 is 5.32 Å². The Bertz CT molecular complexity index is 312. The third-order valence-corrected chi connectivity index (χ3v) is 4.02. The lowest BCUT2D eigenvalue weighted by Crippen LogP contribution is -2.47. The van der Waals surface area contributed by atoms with Crippen molar-refractivity contribution in [3.8, 4) is 0 Å². The molecule has 0 radical (unpaired) electrons. The van der Waals surface area contributed by atoms with Crippen LogP contribution in [-0.2, 0) is 4.79 Å². The van der Waals surface area contributed by atoms with Crippen molar-refractivity contribution in [3.63, 3.8) is 0 Å². The predicted molar refractivity (Wildman–Crippen MR) is 73.5 cm³/mol. The zero-order valence-electron chi connectivity index (χ0n) is 12.2. The van der Waals surface area contributed by atoms with Gasteiger partial charge < -0.3 is 10.2 Å². The lowest BCUT2D eigenvalue weighted by molar-refractivity contribution is -0.134. The van der Waals surface area contributed by atoms with Gasteiger partial charge in [-0.25, -0.2) is 0 Å². The number of hydrogen-bond donors (Lipinski definition) is 1. The van der Waals surface area contributed by atoms with E-state index in [1.807, 2.05) is 19.0 Å². The summed E-state index contributed by atoms with van der Waals surface area (Å²) in [5, 5.41) is 3.17. The minimum atomic E-state index is 0.0803. The van der Waals surface area contributed by atoms with Gasteiger partial charge in [-0.15, -0.1) is 0 Å². The van der Waals surface area contributed by atoms with Crippen molar-refractivity contribution in [2.24, 2.45) is 5.41 Å². The fraction of sp³-hybridized carbons (Fsp3) is 0.929. The molecule has 1 saturated heterocycles. The Hall–Kier alpha value is -0.610. The van der Waals surface area contributed by atoms with Crippen LogP contribution in [0.5, 0.6) is 0 Å². The molecule has 2 fully saturated rings. The minimum Gasteiger partial charge on any atom is -0.344 e. The van der Waals surface area contributed by atoms with Crippen molar-refractivity contribution >= 4 is 5.91 Å². The number of nitrogens with zero attached hydrogens (tertiary/aromatic N) is 2. The molecule has 4 nitrogen and oxygen atoms in total. The molecule has 0 aromatic carbocycles. The van der Waals surface area contributed by atoms with Crippen molar-refractivity contribution in [2.45, 2.75) is 45.2 Å². The first-order valence-corrected chi connectivity index (χ1v) is 7.10. The molecule has 1 atom stereocenters. The molecule has 1 N–H and O–H groups in total. The minimum absolute atomic E-state index is 0.0803. The van der Waals surface area contributed by atoms with Crippen LogP contribution in [0.15, 0.2) is 0 Å². The maximum atomic E-state index is 12.5. The molecule has 0 aromatic heterocycles. The molecule has 1 saturated carbocycles. The van der Waals surface area contributed by atoms with Crippen LogP contribution in [0.25, 0.3) is 0 Å². The molecule has 4 heteroatoms. The largest absolute Gasteiger partial charge is 0.344 e. The summed E-state index contributed by atoms with van der Waals surface area (Å²) in [5.41, 5.74) is 0.196. The molecule has 0 bridgehead atoms. The fourth-order valence-electron chi connectivity index (χ4n) is 3.13. The number of nitrogens with one attached hydrogen (secondary N) is 1. The topological polar surface area (TPSA) is 35.6 Å². The third kappa shape index (κ3) is 3.04. The van der Waals surface area contributed by atoms with E-state index in [2.05, 4.69) is 24.1 Å². The van der Waals surface area contributed by atoms with Crippen LogP contribution in [-0.4, -0.2) is 61.5 Å². The fourth-order valence-corrected chi connectivity index (χ4v) is 3.13. The van der Waals surface area contributed by atoms with Crippen LogP contribution >= 0.6 is 0 Å². The van der Waals surface area contributed by atoms with E-state index in [4.69, 9.17) is 0 Å². The lowest BCUT2D eigenvalue weighted by atomic mass is 9.92. The molecular formula is C14H27N3O. The average molecular weight is 253 g/mol. The normalized spacial score (nSPS) is 29.4. The second kappa shape index (κ2) is 5.17. The Morgan fingerprint density at radius 1 is 1.33 bits per heavy atom. The number of rotatable bonds is 4. The Labute approximate surface area is 111 Å². The van der Waals surface area contributed by atoms with Crippen LogP contribution in [0.2, 0.25) is 0 Å². The van der Waals surface area contributed by atoms with E-state index in [1.165, 1.54) is 12.8 Å². The van der Waals surface area contributed by atoms with Crippen LogP contribution in [0.1, 0.15) is 33.1 Å². The highest BCUT2D eigenvalue weighted by Gasteiger charge is 2.43.